The van der Waals surface area contributed by atoms with Crippen molar-refractivity contribution in [2.24, 2.45) is 5.10 Å². The van der Waals surface area contributed by atoms with Crippen molar-refractivity contribution >= 4 is 81.6 Å². The second-order valence-electron chi connectivity index (χ2n) is 8.63. The molecule has 0 aliphatic rings. The van der Waals surface area contributed by atoms with Gasteiger partial charge in [-0.1, -0.05) is 28.1 Å². The van der Waals surface area contributed by atoms with E-state index in [0.29, 0.717) is 42.5 Å². The molecule has 0 radical (unpaired) electrons. The molecule has 41 heavy (non-hydrogen) atoms. The number of benzene rings is 3. The van der Waals surface area contributed by atoms with Crippen LogP contribution in [0.5, 0.6) is 11.6 Å². The van der Waals surface area contributed by atoms with Crippen LogP contribution in [0.1, 0.15) is 5.56 Å². The Labute approximate surface area is 255 Å². The van der Waals surface area contributed by atoms with E-state index in [0.717, 1.165) is 16.1 Å². The van der Waals surface area contributed by atoms with Crippen molar-refractivity contribution in [2.45, 2.75) is 0 Å². The topological polar surface area (TPSA) is 126 Å². The van der Waals surface area contributed by atoms with Crippen LogP contribution in [0.2, 0.25) is 0 Å². The second-order valence-corrected chi connectivity index (χ2v) is 11.3. The Morgan fingerprint density at radius 1 is 1.00 bits per heavy atom. The summed E-state index contributed by atoms with van der Waals surface area (Å²) in [4.78, 5) is 32.6. The minimum Gasteiger partial charge on any atom is -0.453 e. The summed E-state index contributed by atoms with van der Waals surface area (Å²) in [6.45, 7) is 0. The number of aromatic nitrogens is 3. The summed E-state index contributed by atoms with van der Waals surface area (Å²) >= 11 is 10.5. The maximum Gasteiger partial charge on any atom is 0.287 e. The minimum atomic E-state index is -0.536. The molecule has 202 valence electrons. The number of ether oxygens (including phenoxy) is 1. The molecule has 0 N–H and O–H groups in total. The molecule has 10 nitrogen and oxygen atoms in total. The van der Waals surface area contributed by atoms with Crippen LogP contribution in [0, 0.1) is 10.1 Å². The van der Waals surface area contributed by atoms with Crippen molar-refractivity contribution in [3.63, 3.8) is 0 Å². The van der Waals surface area contributed by atoms with Crippen LogP contribution in [-0.4, -0.2) is 25.8 Å². The van der Waals surface area contributed by atoms with E-state index in [1.165, 1.54) is 23.0 Å². The van der Waals surface area contributed by atoms with Gasteiger partial charge in [-0.2, -0.15) is 9.78 Å². The van der Waals surface area contributed by atoms with Gasteiger partial charge < -0.3 is 9.15 Å². The Hall–Kier alpha value is -4.20. The molecule has 13 heteroatoms. The zero-order chi connectivity index (χ0) is 28.7. The largest absolute Gasteiger partial charge is 0.453 e. The predicted molar refractivity (Wildman–Crippen MR) is 165 cm³/mol. The SMILES string of the molecule is O=c1c2ccccc2nc(-c2cc3cc(Br)ccc3o2)n1N=Cc1cc(Br)c(Oc2ccc([N+](=O)[O-])cn2)c(Br)c1. The number of furan rings is 1. The maximum absolute atomic E-state index is 13.5. The van der Waals surface area contributed by atoms with Crippen LogP contribution in [0.4, 0.5) is 5.69 Å². The normalized spacial score (nSPS) is 11.5. The Balaban J connectivity index is 1.39. The van der Waals surface area contributed by atoms with Crippen molar-refractivity contribution in [3.05, 3.63) is 118 Å². The molecule has 0 fully saturated rings. The van der Waals surface area contributed by atoms with E-state index in [4.69, 9.17) is 14.1 Å². The van der Waals surface area contributed by atoms with Crippen molar-refractivity contribution in [1.82, 2.24) is 14.6 Å². The summed E-state index contributed by atoms with van der Waals surface area (Å²) in [6, 6.07) is 20.7. The van der Waals surface area contributed by atoms with Gasteiger partial charge in [0.15, 0.2) is 11.5 Å². The lowest BCUT2D eigenvalue weighted by atomic mass is 10.2. The fourth-order valence-corrected chi connectivity index (χ4v) is 5.80. The van der Waals surface area contributed by atoms with Crippen molar-refractivity contribution in [2.75, 3.05) is 0 Å². The van der Waals surface area contributed by atoms with Gasteiger partial charge in [0.05, 0.1) is 31.0 Å². The number of hydrogen-bond donors (Lipinski definition) is 0. The molecule has 0 unspecified atom stereocenters. The molecule has 0 amide bonds. The van der Waals surface area contributed by atoms with Crippen molar-refractivity contribution in [3.8, 4) is 23.2 Å². The molecule has 3 heterocycles. The number of rotatable bonds is 6. The van der Waals surface area contributed by atoms with Crippen molar-refractivity contribution < 1.29 is 14.1 Å². The number of halogens is 3. The molecule has 6 aromatic rings. The van der Waals surface area contributed by atoms with Crippen LogP contribution < -0.4 is 10.3 Å². The van der Waals surface area contributed by atoms with E-state index < -0.39 is 4.92 Å². The number of hydrogen-bond acceptors (Lipinski definition) is 8. The van der Waals surface area contributed by atoms with Crippen molar-refractivity contribution in [1.29, 1.82) is 0 Å². The molecule has 0 saturated carbocycles. The Morgan fingerprint density at radius 2 is 1.78 bits per heavy atom. The van der Waals surface area contributed by atoms with Gasteiger partial charge in [0.25, 0.3) is 11.2 Å². The highest BCUT2D eigenvalue weighted by Gasteiger charge is 2.17. The standard InChI is InChI=1S/C28H14Br3N5O5/c29-17-5-7-23-16(11-17)12-24(40-23)27-34-22-4-2-1-3-19(22)28(37)35(27)33-13-15-9-20(30)26(21(31)10-15)41-25-8-6-18(14-32-25)36(38)39/h1-14H. The summed E-state index contributed by atoms with van der Waals surface area (Å²) < 4.78 is 15.1. The summed E-state index contributed by atoms with van der Waals surface area (Å²) in [5.41, 5.74) is 1.30. The highest BCUT2D eigenvalue weighted by molar-refractivity contribution is 9.11. The van der Waals surface area contributed by atoms with E-state index in [1.807, 2.05) is 30.3 Å². The number of fused-ring (bicyclic) bond motifs is 2. The molecule has 3 aromatic heterocycles. The number of pyridine rings is 1. The van der Waals surface area contributed by atoms with Crippen LogP contribution >= 0.6 is 47.8 Å². The smallest absolute Gasteiger partial charge is 0.287 e. The first-order chi connectivity index (χ1) is 19.8. The molecule has 0 bridgehead atoms. The first-order valence-corrected chi connectivity index (χ1v) is 14.2. The highest BCUT2D eigenvalue weighted by Crippen LogP contribution is 2.37. The van der Waals surface area contributed by atoms with Gasteiger partial charge in [0.1, 0.15) is 11.8 Å². The molecule has 0 saturated heterocycles. The molecule has 0 aliphatic carbocycles. The summed E-state index contributed by atoms with van der Waals surface area (Å²) in [6.07, 6.45) is 2.63. The average molecular weight is 740 g/mol. The summed E-state index contributed by atoms with van der Waals surface area (Å²) in [5.74, 6) is 1.22. The molecule has 3 aromatic carbocycles. The first kappa shape index (κ1) is 27.0. The third-order valence-corrected chi connectivity index (χ3v) is 7.60. The first-order valence-electron chi connectivity index (χ1n) is 11.8. The van der Waals surface area contributed by atoms with Gasteiger partial charge >= 0.3 is 0 Å². The van der Waals surface area contributed by atoms with Crippen LogP contribution in [0.3, 0.4) is 0 Å². The quantitative estimate of drug-likeness (QED) is 0.0961. The Bertz CT molecular complexity index is 2050. The molecule has 0 atom stereocenters. The van der Waals surface area contributed by atoms with Gasteiger partial charge in [-0.05, 0) is 86.0 Å². The third kappa shape index (κ3) is 5.43. The number of para-hydroxylation sites is 1. The third-order valence-electron chi connectivity index (χ3n) is 5.93. The van der Waals surface area contributed by atoms with Gasteiger partial charge in [-0.15, -0.1) is 0 Å². The zero-order valence-corrected chi connectivity index (χ0v) is 25.3. The van der Waals surface area contributed by atoms with Gasteiger partial charge in [-0.25, -0.2) is 9.97 Å². The van der Waals surface area contributed by atoms with E-state index in [1.54, 1.807) is 30.3 Å². The molecular formula is C28H14Br3N5O5. The van der Waals surface area contributed by atoms with Crippen LogP contribution in [-0.2, 0) is 0 Å². The average Bonchev–Trinajstić information content (AvgIpc) is 3.38. The van der Waals surface area contributed by atoms with Crippen LogP contribution in [0.15, 0.2) is 107 Å². The summed E-state index contributed by atoms with van der Waals surface area (Å²) in [7, 11) is 0. The number of nitrogens with zero attached hydrogens (tertiary/aromatic N) is 5. The lowest BCUT2D eigenvalue weighted by molar-refractivity contribution is -0.385. The lowest BCUT2D eigenvalue weighted by Crippen LogP contribution is -2.20. The molecular weight excluding hydrogens is 726 g/mol. The fraction of sp³-hybridized carbons (Fsp3) is 0. The van der Waals surface area contributed by atoms with E-state index >= 15 is 0 Å². The minimum absolute atomic E-state index is 0.143. The highest BCUT2D eigenvalue weighted by atomic mass is 79.9. The fourth-order valence-electron chi connectivity index (χ4n) is 4.04. The Morgan fingerprint density at radius 3 is 2.51 bits per heavy atom. The molecule has 0 aliphatic heterocycles. The number of nitro groups is 1. The predicted octanol–water partition coefficient (Wildman–Crippen LogP) is 8.07. The maximum atomic E-state index is 13.5. The van der Waals surface area contributed by atoms with E-state index in [-0.39, 0.29) is 23.0 Å². The monoisotopic (exact) mass is 737 g/mol. The Kier molecular flexibility index (Phi) is 7.24. The van der Waals surface area contributed by atoms with E-state index in [2.05, 4.69) is 57.9 Å². The zero-order valence-electron chi connectivity index (χ0n) is 20.5. The lowest BCUT2D eigenvalue weighted by Gasteiger charge is -2.10. The van der Waals surface area contributed by atoms with E-state index in [9.17, 15) is 14.9 Å². The summed E-state index contributed by atoms with van der Waals surface area (Å²) in [5, 5.41) is 16.6. The van der Waals surface area contributed by atoms with Gasteiger partial charge in [0, 0.05) is 22.0 Å². The molecule has 0 spiro atoms. The van der Waals surface area contributed by atoms with Gasteiger partial charge in [0.2, 0.25) is 11.7 Å². The molecule has 6 rings (SSSR count). The van der Waals surface area contributed by atoms with Gasteiger partial charge in [-0.3, -0.25) is 14.9 Å². The second kappa shape index (κ2) is 11.0. The van der Waals surface area contributed by atoms with Crippen LogP contribution in [0.25, 0.3) is 33.5 Å².